The molecule has 9 nitrogen and oxygen atoms in total. The van der Waals surface area contributed by atoms with Crippen molar-refractivity contribution < 1.29 is 33.4 Å². The van der Waals surface area contributed by atoms with E-state index in [1.54, 1.807) is 55.5 Å². The lowest BCUT2D eigenvalue weighted by molar-refractivity contribution is -0.132. The van der Waals surface area contributed by atoms with Crippen LogP contribution in [0.4, 0.5) is 5.82 Å². The number of ether oxygens (including phenoxy) is 3. The second kappa shape index (κ2) is 10.7. The molecule has 9 heteroatoms. The van der Waals surface area contributed by atoms with Gasteiger partial charge in [0.2, 0.25) is 0 Å². The summed E-state index contributed by atoms with van der Waals surface area (Å²) in [6, 6.07) is 21.9. The number of Topliss-reactive ketones (excluding diaryl/α,β-unsaturated/α-hetero) is 1. The number of methoxy groups -OCH3 is 2. The topological polar surface area (TPSA) is 111 Å². The summed E-state index contributed by atoms with van der Waals surface area (Å²) in [5, 5.41) is 15.3. The van der Waals surface area contributed by atoms with Crippen molar-refractivity contribution in [2.24, 2.45) is 0 Å². The van der Waals surface area contributed by atoms with Gasteiger partial charge in [-0.3, -0.25) is 14.5 Å². The molecule has 4 aromatic rings. The van der Waals surface area contributed by atoms with E-state index in [1.807, 2.05) is 30.3 Å². The Morgan fingerprint density at radius 3 is 2.33 bits per heavy atom. The van der Waals surface area contributed by atoms with E-state index in [0.717, 1.165) is 5.56 Å². The fourth-order valence-electron chi connectivity index (χ4n) is 4.46. The molecule has 0 aliphatic carbocycles. The summed E-state index contributed by atoms with van der Waals surface area (Å²) in [5.74, 6) is 0.0534. The first-order valence-corrected chi connectivity index (χ1v) is 12.1. The highest BCUT2D eigenvalue weighted by atomic mass is 16.5. The molecule has 2 heterocycles. The summed E-state index contributed by atoms with van der Waals surface area (Å²) >= 11 is 0. The van der Waals surface area contributed by atoms with E-state index in [0.29, 0.717) is 40.7 Å². The number of aryl methyl sites for hydroxylation is 1. The van der Waals surface area contributed by atoms with E-state index in [9.17, 15) is 14.7 Å². The highest BCUT2D eigenvalue weighted by molar-refractivity contribution is 6.51. The molecule has 198 valence electrons. The maximum Gasteiger partial charge on any atom is 0.301 e. The van der Waals surface area contributed by atoms with Gasteiger partial charge in [0.1, 0.15) is 23.9 Å². The first kappa shape index (κ1) is 25.6. The van der Waals surface area contributed by atoms with Gasteiger partial charge in [-0.05, 0) is 54.4 Å². The van der Waals surface area contributed by atoms with Crippen molar-refractivity contribution in [3.05, 3.63) is 107 Å². The number of amides is 1. The number of anilines is 1. The zero-order valence-electron chi connectivity index (χ0n) is 21.6. The van der Waals surface area contributed by atoms with E-state index >= 15 is 0 Å². The van der Waals surface area contributed by atoms with E-state index in [-0.39, 0.29) is 17.2 Å². The fraction of sp³-hybridized carbons (Fsp3) is 0.167. The van der Waals surface area contributed by atoms with Gasteiger partial charge in [-0.1, -0.05) is 41.6 Å². The Balaban J connectivity index is 1.60. The summed E-state index contributed by atoms with van der Waals surface area (Å²) in [4.78, 5) is 27.9. The van der Waals surface area contributed by atoms with Gasteiger partial charge in [0, 0.05) is 11.6 Å². The van der Waals surface area contributed by atoms with Crippen LogP contribution in [0.15, 0.2) is 89.0 Å². The Labute approximate surface area is 224 Å². The monoisotopic (exact) mass is 526 g/mol. The predicted octanol–water partition coefficient (Wildman–Crippen LogP) is 5.21. The number of benzene rings is 3. The first-order valence-electron chi connectivity index (χ1n) is 12.1. The fourth-order valence-corrected chi connectivity index (χ4v) is 4.46. The Kier molecular flexibility index (Phi) is 7.05. The molecule has 3 aromatic carbocycles. The van der Waals surface area contributed by atoms with Gasteiger partial charge in [0.15, 0.2) is 17.3 Å². The largest absolute Gasteiger partial charge is 0.507 e. The van der Waals surface area contributed by atoms with E-state index < -0.39 is 17.7 Å². The van der Waals surface area contributed by atoms with Crippen LogP contribution in [-0.2, 0) is 16.2 Å². The number of ketones is 1. The second-order valence-electron chi connectivity index (χ2n) is 8.88. The number of carbonyl (C=O) groups excluding carboxylic acids is 2. The van der Waals surface area contributed by atoms with E-state index in [2.05, 4.69) is 5.16 Å². The third-order valence-corrected chi connectivity index (χ3v) is 6.41. The molecule has 5 rings (SSSR count). The third kappa shape index (κ3) is 4.94. The summed E-state index contributed by atoms with van der Waals surface area (Å²) in [7, 11) is 3.03. The number of nitrogens with zero attached hydrogens (tertiary/aromatic N) is 2. The number of rotatable bonds is 8. The van der Waals surface area contributed by atoms with Crippen LogP contribution in [-0.4, -0.2) is 36.2 Å². The van der Waals surface area contributed by atoms with Crippen molar-refractivity contribution in [3.8, 4) is 17.2 Å². The normalized spacial score (nSPS) is 16.4. The maximum atomic E-state index is 13.4. The van der Waals surface area contributed by atoms with Gasteiger partial charge in [-0.25, -0.2) is 0 Å². The first-order chi connectivity index (χ1) is 18.9. The molecule has 1 aliphatic heterocycles. The second-order valence-corrected chi connectivity index (χ2v) is 8.88. The molecule has 1 N–H and O–H groups in total. The molecule has 0 bridgehead atoms. The van der Waals surface area contributed by atoms with Gasteiger partial charge >= 0.3 is 5.91 Å². The van der Waals surface area contributed by atoms with Gasteiger partial charge in [-0.15, -0.1) is 0 Å². The van der Waals surface area contributed by atoms with Crippen LogP contribution in [0.3, 0.4) is 0 Å². The summed E-state index contributed by atoms with van der Waals surface area (Å²) in [5.41, 5.74) is 1.75. The lowest BCUT2D eigenvalue weighted by atomic mass is 9.95. The summed E-state index contributed by atoms with van der Waals surface area (Å²) < 4.78 is 22.0. The maximum absolute atomic E-state index is 13.4. The lowest BCUT2D eigenvalue weighted by Crippen LogP contribution is -2.29. The smallest absolute Gasteiger partial charge is 0.301 e. The minimum absolute atomic E-state index is 0.0918. The average Bonchev–Trinajstić information content (AvgIpc) is 3.51. The molecule has 0 spiro atoms. The molecule has 0 radical (unpaired) electrons. The Morgan fingerprint density at radius 2 is 1.69 bits per heavy atom. The Morgan fingerprint density at radius 1 is 0.949 bits per heavy atom. The number of aliphatic hydroxyl groups is 1. The zero-order valence-corrected chi connectivity index (χ0v) is 21.6. The SMILES string of the molecule is COc1ccc(/C(O)=C2\C(=O)C(=O)N(c3cc(C)on3)[C@@H]2c2ccc(OCc3ccccc3)c(OC)c2)cc1. The number of aromatic nitrogens is 1. The molecule has 1 fully saturated rings. The Bertz CT molecular complexity index is 1540. The molecular weight excluding hydrogens is 500 g/mol. The molecule has 1 atom stereocenters. The van der Waals surface area contributed by atoms with Crippen LogP contribution >= 0.6 is 0 Å². The van der Waals surface area contributed by atoms with E-state index in [4.69, 9.17) is 18.7 Å². The number of carbonyl (C=O) groups is 2. The average molecular weight is 527 g/mol. The molecule has 1 amide bonds. The molecule has 1 aliphatic rings. The molecular formula is C30H26N2O7. The van der Waals surface area contributed by atoms with Crippen LogP contribution < -0.4 is 19.1 Å². The zero-order chi connectivity index (χ0) is 27.5. The summed E-state index contributed by atoms with van der Waals surface area (Å²) in [6.07, 6.45) is 0. The standard InChI is InChI=1S/C30H26N2O7/c1-18-15-25(31-39-18)32-27(26(29(34)30(32)35)28(33)20-9-12-22(36-2)13-10-20)21-11-14-23(24(16-21)37-3)38-17-19-7-5-4-6-8-19/h4-16,27,33H,17H2,1-3H3/b28-26+/t27-/m1/s1. The van der Waals surface area contributed by atoms with Crippen LogP contribution in [0.1, 0.15) is 28.5 Å². The Hall–Kier alpha value is -5.05. The van der Waals surface area contributed by atoms with Crippen LogP contribution in [0.2, 0.25) is 0 Å². The van der Waals surface area contributed by atoms with Gasteiger partial charge in [-0.2, -0.15) is 0 Å². The number of aliphatic hydroxyl groups excluding tert-OH is 1. The molecule has 39 heavy (non-hydrogen) atoms. The molecule has 1 saturated heterocycles. The van der Waals surface area contributed by atoms with Gasteiger partial charge in [0.05, 0.1) is 25.8 Å². The van der Waals surface area contributed by atoms with Crippen LogP contribution in [0.5, 0.6) is 17.2 Å². The van der Waals surface area contributed by atoms with Crippen molar-refractivity contribution >= 4 is 23.3 Å². The molecule has 0 unspecified atom stereocenters. The minimum Gasteiger partial charge on any atom is -0.507 e. The predicted molar refractivity (Wildman–Crippen MR) is 143 cm³/mol. The van der Waals surface area contributed by atoms with Crippen LogP contribution in [0.25, 0.3) is 5.76 Å². The van der Waals surface area contributed by atoms with Crippen molar-refractivity contribution in [2.75, 3.05) is 19.1 Å². The van der Waals surface area contributed by atoms with Crippen molar-refractivity contribution in [2.45, 2.75) is 19.6 Å². The molecule has 0 saturated carbocycles. The third-order valence-electron chi connectivity index (χ3n) is 6.41. The van der Waals surface area contributed by atoms with Gasteiger partial charge in [0.25, 0.3) is 5.78 Å². The minimum atomic E-state index is -1.01. The quantitative estimate of drug-likeness (QED) is 0.189. The van der Waals surface area contributed by atoms with Crippen LogP contribution in [0, 0.1) is 6.92 Å². The lowest BCUT2D eigenvalue weighted by Gasteiger charge is -2.24. The number of hydrogen-bond donors (Lipinski definition) is 1. The highest BCUT2D eigenvalue weighted by Gasteiger charge is 2.48. The van der Waals surface area contributed by atoms with Crippen molar-refractivity contribution in [1.82, 2.24) is 5.16 Å². The van der Waals surface area contributed by atoms with Crippen molar-refractivity contribution in [1.29, 1.82) is 0 Å². The number of hydrogen-bond acceptors (Lipinski definition) is 8. The van der Waals surface area contributed by atoms with Crippen molar-refractivity contribution in [3.63, 3.8) is 0 Å². The van der Waals surface area contributed by atoms with E-state index in [1.165, 1.54) is 19.1 Å². The van der Waals surface area contributed by atoms with Gasteiger partial charge < -0.3 is 23.8 Å². The highest BCUT2D eigenvalue weighted by Crippen LogP contribution is 2.44. The summed E-state index contributed by atoms with van der Waals surface area (Å²) in [6.45, 7) is 2.01. The molecule has 1 aromatic heterocycles.